The van der Waals surface area contributed by atoms with E-state index in [0.29, 0.717) is 33.8 Å². The summed E-state index contributed by atoms with van der Waals surface area (Å²) in [7, 11) is 0. The van der Waals surface area contributed by atoms with Gasteiger partial charge in [0.05, 0.1) is 28.8 Å². The van der Waals surface area contributed by atoms with Crippen molar-refractivity contribution in [3.8, 4) is 17.3 Å². The van der Waals surface area contributed by atoms with Crippen LogP contribution in [-0.4, -0.2) is 15.0 Å². The molecule has 0 spiro atoms. The summed E-state index contributed by atoms with van der Waals surface area (Å²) in [6.07, 6.45) is 3.31. The van der Waals surface area contributed by atoms with Crippen molar-refractivity contribution in [1.29, 1.82) is 5.26 Å². The summed E-state index contributed by atoms with van der Waals surface area (Å²) in [5, 5.41) is 8.89. The fourth-order valence-electron chi connectivity index (χ4n) is 2.13. The van der Waals surface area contributed by atoms with Crippen LogP contribution in [0.1, 0.15) is 11.3 Å². The molecule has 4 N–H and O–H groups in total. The Labute approximate surface area is 121 Å². The van der Waals surface area contributed by atoms with Gasteiger partial charge in [-0.2, -0.15) is 5.26 Å². The van der Waals surface area contributed by atoms with Gasteiger partial charge in [-0.3, -0.25) is 4.98 Å². The normalized spacial score (nSPS) is 10.5. The third-order valence-electron chi connectivity index (χ3n) is 3.33. The lowest BCUT2D eigenvalue weighted by atomic mass is 10.1. The highest BCUT2D eigenvalue weighted by Gasteiger charge is 2.11. The average Bonchev–Trinajstić information content (AvgIpc) is 2.49. The Bertz CT molecular complexity index is 895. The average molecular weight is 276 g/mol. The zero-order valence-electron chi connectivity index (χ0n) is 11.3. The number of hydrogen-bond acceptors (Lipinski definition) is 6. The van der Waals surface area contributed by atoms with Crippen LogP contribution < -0.4 is 11.5 Å². The maximum absolute atomic E-state index is 8.89. The van der Waals surface area contributed by atoms with E-state index < -0.39 is 0 Å². The number of hydrogen-bond donors (Lipinski definition) is 2. The van der Waals surface area contributed by atoms with Crippen molar-refractivity contribution in [2.75, 3.05) is 11.5 Å². The predicted molar refractivity (Wildman–Crippen MR) is 81.0 cm³/mol. The van der Waals surface area contributed by atoms with E-state index in [1.54, 1.807) is 30.6 Å². The Morgan fingerprint density at radius 1 is 1.10 bits per heavy atom. The van der Waals surface area contributed by atoms with Crippen molar-refractivity contribution in [2.24, 2.45) is 0 Å². The summed E-state index contributed by atoms with van der Waals surface area (Å²) in [6.45, 7) is 1.91. The van der Waals surface area contributed by atoms with E-state index in [1.807, 2.05) is 13.0 Å². The molecule has 0 bridgehead atoms. The van der Waals surface area contributed by atoms with Crippen molar-refractivity contribution < 1.29 is 0 Å². The minimum absolute atomic E-state index is 0.311. The second kappa shape index (κ2) is 4.72. The molecule has 0 atom stereocenters. The molecule has 3 rings (SSSR count). The summed E-state index contributed by atoms with van der Waals surface area (Å²) in [4.78, 5) is 12.8. The number of pyridine rings is 3. The largest absolute Gasteiger partial charge is 0.397 e. The molecule has 0 saturated carbocycles. The molecule has 0 aromatic carbocycles. The summed E-state index contributed by atoms with van der Waals surface area (Å²) >= 11 is 0. The first-order valence-corrected chi connectivity index (χ1v) is 6.28. The molecule has 0 unspecified atom stereocenters. The van der Waals surface area contributed by atoms with E-state index >= 15 is 0 Å². The number of aromatic nitrogens is 3. The monoisotopic (exact) mass is 276 g/mol. The number of nitrogens with zero attached hydrogens (tertiary/aromatic N) is 4. The lowest BCUT2D eigenvalue weighted by molar-refractivity contribution is 1.25. The fourth-order valence-corrected chi connectivity index (χ4v) is 2.13. The Morgan fingerprint density at radius 3 is 2.67 bits per heavy atom. The van der Waals surface area contributed by atoms with Gasteiger partial charge in [-0.05, 0) is 30.7 Å². The van der Waals surface area contributed by atoms with Crippen molar-refractivity contribution in [3.05, 3.63) is 41.9 Å². The van der Waals surface area contributed by atoms with E-state index in [2.05, 4.69) is 15.0 Å². The number of nitriles is 1. The van der Waals surface area contributed by atoms with Gasteiger partial charge in [0, 0.05) is 11.8 Å². The van der Waals surface area contributed by atoms with Crippen molar-refractivity contribution in [1.82, 2.24) is 15.0 Å². The van der Waals surface area contributed by atoms with E-state index in [1.165, 1.54) is 0 Å². The molecule has 3 aromatic heterocycles. The van der Waals surface area contributed by atoms with Crippen LogP contribution in [0.2, 0.25) is 0 Å². The lowest BCUT2D eigenvalue weighted by Crippen LogP contribution is -1.99. The van der Waals surface area contributed by atoms with Crippen LogP contribution in [0.3, 0.4) is 0 Å². The highest BCUT2D eigenvalue weighted by atomic mass is 14.8. The molecule has 0 fully saturated rings. The molecule has 0 radical (unpaired) electrons. The Morgan fingerprint density at radius 2 is 1.90 bits per heavy atom. The fraction of sp³-hybridized carbons (Fsp3) is 0.0667. The van der Waals surface area contributed by atoms with Crippen LogP contribution in [0.15, 0.2) is 30.6 Å². The minimum atomic E-state index is 0.311. The predicted octanol–water partition coefficient (Wildman–Crippen LogP) is 2.04. The quantitative estimate of drug-likeness (QED) is 0.702. The molecule has 102 valence electrons. The zero-order chi connectivity index (χ0) is 15.0. The molecule has 0 aliphatic rings. The number of anilines is 2. The highest BCUT2D eigenvalue weighted by molar-refractivity contribution is 5.90. The second-order valence-corrected chi connectivity index (χ2v) is 4.67. The van der Waals surface area contributed by atoms with E-state index in [-0.39, 0.29) is 0 Å². The van der Waals surface area contributed by atoms with Crippen molar-refractivity contribution in [3.63, 3.8) is 0 Å². The van der Waals surface area contributed by atoms with Crippen LogP contribution in [0.25, 0.3) is 22.3 Å². The molecular formula is C15H12N6. The van der Waals surface area contributed by atoms with Gasteiger partial charge in [-0.15, -0.1) is 0 Å². The maximum atomic E-state index is 8.89. The molecular weight excluding hydrogens is 264 g/mol. The first kappa shape index (κ1) is 12.8. The van der Waals surface area contributed by atoms with Crippen molar-refractivity contribution >= 4 is 22.4 Å². The molecule has 0 amide bonds. The molecule has 6 heteroatoms. The smallest absolute Gasteiger partial charge is 0.141 e. The summed E-state index contributed by atoms with van der Waals surface area (Å²) < 4.78 is 0. The number of nitrogens with two attached hydrogens (primary N) is 2. The molecule has 0 saturated heterocycles. The van der Waals surface area contributed by atoms with Gasteiger partial charge in [-0.1, -0.05) is 0 Å². The first-order chi connectivity index (χ1) is 10.1. The lowest BCUT2D eigenvalue weighted by Gasteiger charge is -2.09. The van der Waals surface area contributed by atoms with Gasteiger partial charge < -0.3 is 11.5 Å². The van der Waals surface area contributed by atoms with Crippen LogP contribution in [0, 0.1) is 18.3 Å². The van der Waals surface area contributed by atoms with Gasteiger partial charge in [0.1, 0.15) is 17.3 Å². The third kappa shape index (κ3) is 2.11. The van der Waals surface area contributed by atoms with Gasteiger partial charge >= 0.3 is 0 Å². The topological polar surface area (TPSA) is 114 Å². The molecule has 6 nitrogen and oxygen atoms in total. The Hall–Kier alpha value is -3.20. The summed E-state index contributed by atoms with van der Waals surface area (Å²) in [6, 6.07) is 7.06. The van der Waals surface area contributed by atoms with E-state index in [0.717, 1.165) is 11.1 Å². The van der Waals surface area contributed by atoms with Gasteiger partial charge in [0.25, 0.3) is 0 Å². The van der Waals surface area contributed by atoms with Crippen LogP contribution >= 0.6 is 0 Å². The molecule has 0 aliphatic carbocycles. The van der Waals surface area contributed by atoms with Gasteiger partial charge in [-0.25, -0.2) is 9.97 Å². The first-order valence-electron chi connectivity index (χ1n) is 6.28. The highest BCUT2D eigenvalue weighted by Crippen LogP contribution is 2.28. The minimum Gasteiger partial charge on any atom is -0.397 e. The Kier molecular flexibility index (Phi) is 2.88. The zero-order valence-corrected chi connectivity index (χ0v) is 11.3. The van der Waals surface area contributed by atoms with Gasteiger partial charge in [0.15, 0.2) is 0 Å². The Balaban J connectivity index is 2.26. The van der Waals surface area contributed by atoms with Crippen LogP contribution in [0.5, 0.6) is 0 Å². The maximum Gasteiger partial charge on any atom is 0.141 e. The summed E-state index contributed by atoms with van der Waals surface area (Å²) in [5.41, 5.74) is 16.9. The summed E-state index contributed by atoms with van der Waals surface area (Å²) in [5.74, 6) is 0. The molecule has 3 heterocycles. The van der Waals surface area contributed by atoms with Gasteiger partial charge in [0.2, 0.25) is 0 Å². The number of fused-ring (bicyclic) bond motifs is 1. The van der Waals surface area contributed by atoms with Crippen LogP contribution in [-0.2, 0) is 0 Å². The molecule has 0 aliphatic heterocycles. The number of rotatable bonds is 1. The standard InChI is InChI=1S/C15H12N6/c1-8-10(6-19-7-12(8)18)14-4-11(17)15-13(21-14)3-2-9(5-16)20-15/h2-4,6-7H,18H2,1H3,(H2,17,21). The van der Waals surface area contributed by atoms with E-state index in [9.17, 15) is 0 Å². The SMILES string of the molecule is Cc1c(N)cncc1-c1cc(N)c2nc(C#N)ccc2n1. The second-order valence-electron chi connectivity index (χ2n) is 4.67. The third-order valence-corrected chi connectivity index (χ3v) is 3.33. The molecule has 21 heavy (non-hydrogen) atoms. The van der Waals surface area contributed by atoms with Crippen LogP contribution in [0.4, 0.5) is 11.4 Å². The molecule has 3 aromatic rings. The van der Waals surface area contributed by atoms with Crippen molar-refractivity contribution in [2.45, 2.75) is 6.92 Å². The number of nitrogen functional groups attached to an aromatic ring is 2. The van der Waals surface area contributed by atoms with E-state index in [4.69, 9.17) is 16.7 Å².